The second-order valence-electron chi connectivity index (χ2n) is 7.90. The minimum Gasteiger partial charge on any atom is -0.371 e. The summed E-state index contributed by atoms with van der Waals surface area (Å²) in [5, 5.41) is 3.66. The highest BCUT2D eigenvalue weighted by atomic mass is 35.5. The van der Waals surface area contributed by atoms with E-state index in [1.165, 1.54) is 23.3 Å². The highest BCUT2D eigenvalue weighted by molar-refractivity contribution is 5.85. The van der Waals surface area contributed by atoms with Gasteiger partial charge in [0, 0.05) is 31.6 Å². The lowest BCUT2D eigenvalue weighted by Crippen LogP contribution is -2.64. The monoisotopic (exact) mass is 429 g/mol. The fourth-order valence-electron chi connectivity index (χ4n) is 4.54. The van der Waals surface area contributed by atoms with Crippen LogP contribution in [0.4, 0.5) is 4.39 Å². The lowest BCUT2D eigenvalue weighted by molar-refractivity contribution is -0.0885. The van der Waals surface area contributed by atoms with Gasteiger partial charge in [0.05, 0.1) is 0 Å². The van der Waals surface area contributed by atoms with Crippen LogP contribution in [0.15, 0.2) is 64.8 Å². The second-order valence-corrected chi connectivity index (χ2v) is 7.90. The fraction of sp³-hybridized carbons (Fsp3) is 0.375. The van der Waals surface area contributed by atoms with E-state index in [1.807, 2.05) is 13.1 Å². The summed E-state index contributed by atoms with van der Waals surface area (Å²) in [4.78, 5) is 7.40. The van der Waals surface area contributed by atoms with Crippen molar-refractivity contribution in [3.05, 3.63) is 82.3 Å². The molecule has 2 aliphatic heterocycles. The zero-order chi connectivity index (χ0) is 20.6. The highest BCUT2D eigenvalue weighted by Crippen LogP contribution is 2.43. The van der Waals surface area contributed by atoms with Crippen molar-refractivity contribution in [2.24, 2.45) is 4.99 Å². The molecule has 3 unspecified atom stereocenters. The molecule has 1 N–H and O–H groups in total. The highest BCUT2D eigenvalue weighted by Gasteiger charge is 2.49. The smallest absolute Gasteiger partial charge is 0.218 e. The maximum atomic E-state index is 13.6. The summed E-state index contributed by atoms with van der Waals surface area (Å²) in [6.45, 7) is 7.17. The van der Waals surface area contributed by atoms with Crippen LogP contribution in [0.2, 0.25) is 0 Å². The summed E-state index contributed by atoms with van der Waals surface area (Å²) in [7, 11) is 1.69. The molecule has 0 aromatic heterocycles. The normalized spacial score (nSPS) is 24.6. The molecule has 6 heteroatoms. The Kier molecular flexibility index (Phi) is 6.65. The molecule has 0 radical (unpaired) electrons. The molecule has 0 aliphatic carbocycles. The zero-order valence-corrected chi connectivity index (χ0v) is 18.7. The molecule has 3 atom stereocenters. The van der Waals surface area contributed by atoms with Crippen molar-refractivity contribution in [1.29, 1.82) is 0 Å². The van der Waals surface area contributed by atoms with E-state index in [2.05, 4.69) is 48.3 Å². The predicted molar refractivity (Wildman–Crippen MR) is 121 cm³/mol. The van der Waals surface area contributed by atoms with Crippen LogP contribution in [0, 0.1) is 5.82 Å². The average molecular weight is 430 g/mol. The van der Waals surface area contributed by atoms with Crippen LogP contribution in [0.3, 0.4) is 0 Å². The predicted octanol–water partition coefficient (Wildman–Crippen LogP) is 5.18. The van der Waals surface area contributed by atoms with E-state index in [0.717, 1.165) is 29.8 Å². The van der Waals surface area contributed by atoms with Crippen LogP contribution >= 0.6 is 12.4 Å². The van der Waals surface area contributed by atoms with E-state index in [0.29, 0.717) is 0 Å². The summed E-state index contributed by atoms with van der Waals surface area (Å²) >= 11 is 0. The standard InChI is InChI=1S/C24H28FN3O.ClH/c1-16-15-26-24(27-17(16)2,23(29-4)20-9-11-21(25)12-10-20)28-14-13-19-7-5-6-8-22(19)18(28)3;/h5-12,15,18,23,27H,13-14H2,1-4H3;1H. The van der Waals surface area contributed by atoms with Gasteiger partial charge in [-0.1, -0.05) is 36.4 Å². The topological polar surface area (TPSA) is 36.9 Å². The fourth-order valence-corrected chi connectivity index (χ4v) is 4.54. The minimum atomic E-state index is -0.816. The number of methoxy groups -OCH3 is 1. The quantitative estimate of drug-likeness (QED) is 0.727. The number of ether oxygens (including phenoxy) is 1. The van der Waals surface area contributed by atoms with Gasteiger partial charge in [-0.25, -0.2) is 9.38 Å². The van der Waals surface area contributed by atoms with Crippen LogP contribution in [-0.2, 0) is 11.2 Å². The average Bonchev–Trinajstić information content (AvgIpc) is 2.73. The van der Waals surface area contributed by atoms with Crippen molar-refractivity contribution in [3.8, 4) is 0 Å². The molecule has 0 bridgehead atoms. The van der Waals surface area contributed by atoms with Crippen molar-refractivity contribution in [3.63, 3.8) is 0 Å². The van der Waals surface area contributed by atoms with Gasteiger partial charge in [-0.15, -0.1) is 12.4 Å². The lowest BCUT2D eigenvalue weighted by Gasteiger charge is -2.51. The van der Waals surface area contributed by atoms with Crippen molar-refractivity contribution >= 4 is 18.6 Å². The second kappa shape index (κ2) is 8.88. The molecule has 0 saturated carbocycles. The van der Waals surface area contributed by atoms with Gasteiger partial charge in [0.1, 0.15) is 11.9 Å². The van der Waals surface area contributed by atoms with Crippen molar-refractivity contribution in [2.45, 2.75) is 45.1 Å². The number of hydrogen-bond donors (Lipinski definition) is 1. The van der Waals surface area contributed by atoms with Crippen LogP contribution < -0.4 is 5.32 Å². The third-order valence-electron chi connectivity index (χ3n) is 6.22. The third-order valence-corrected chi connectivity index (χ3v) is 6.22. The summed E-state index contributed by atoms with van der Waals surface area (Å²) in [6, 6.07) is 15.3. The van der Waals surface area contributed by atoms with Gasteiger partial charge >= 0.3 is 0 Å². The summed E-state index contributed by atoms with van der Waals surface area (Å²) in [5.74, 6) is -1.08. The van der Waals surface area contributed by atoms with Gasteiger partial charge < -0.3 is 10.1 Å². The largest absolute Gasteiger partial charge is 0.371 e. The molecule has 0 spiro atoms. The van der Waals surface area contributed by atoms with Crippen molar-refractivity contribution < 1.29 is 9.13 Å². The molecule has 0 amide bonds. The number of nitrogens with zero attached hydrogens (tertiary/aromatic N) is 2. The number of aliphatic imine (C=N–C) groups is 1. The van der Waals surface area contributed by atoms with E-state index in [9.17, 15) is 4.39 Å². The molecule has 0 saturated heterocycles. The first-order chi connectivity index (χ1) is 14.0. The molecular weight excluding hydrogens is 401 g/mol. The Morgan fingerprint density at radius 2 is 1.87 bits per heavy atom. The SMILES string of the molecule is COC(c1ccc(F)cc1)C1(N2CCc3ccccc3C2C)N=CC(C)=C(C)N1.Cl. The van der Waals surface area contributed by atoms with E-state index in [1.54, 1.807) is 19.2 Å². The lowest BCUT2D eigenvalue weighted by atomic mass is 9.89. The first-order valence-corrected chi connectivity index (χ1v) is 10.1. The van der Waals surface area contributed by atoms with E-state index in [4.69, 9.17) is 9.73 Å². The first-order valence-electron chi connectivity index (χ1n) is 10.1. The number of nitrogens with one attached hydrogen (secondary N) is 1. The molecular formula is C24H29ClFN3O. The van der Waals surface area contributed by atoms with Crippen LogP contribution in [-0.4, -0.2) is 30.6 Å². The Balaban J connectivity index is 0.00000256. The molecule has 160 valence electrons. The molecule has 2 aliphatic rings. The molecule has 30 heavy (non-hydrogen) atoms. The number of benzene rings is 2. The van der Waals surface area contributed by atoms with Gasteiger partial charge in [0.25, 0.3) is 0 Å². The Morgan fingerprint density at radius 1 is 1.17 bits per heavy atom. The Morgan fingerprint density at radius 3 is 2.53 bits per heavy atom. The van der Waals surface area contributed by atoms with Crippen LogP contribution in [0.25, 0.3) is 0 Å². The Labute approximate surface area is 184 Å². The number of fused-ring (bicyclic) bond motifs is 1. The van der Waals surface area contributed by atoms with Gasteiger partial charge in [-0.2, -0.15) is 0 Å². The molecule has 4 rings (SSSR count). The summed E-state index contributed by atoms with van der Waals surface area (Å²) < 4.78 is 19.6. The Hall–Kier alpha value is -2.21. The van der Waals surface area contributed by atoms with Crippen molar-refractivity contribution in [1.82, 2.24) is 10.2 Å². The number of halogens is 2. The van der Waals surface area contributed by atoms with Gasteiger partial charge in [-0.3, -0.25) is 4.90 Å². The number of hydrogen-bond acceptors (Lipinski definition) is 4. The maximum Gasteiger partial charge on any atom is 0.218 e. The van der Waals surface area contributed by atoms with Crippen LogP contribution in [0.5, 0.6) is 0 Å². The van der Waals surface area contributed by atoms with Crippen molar-refractivity contribution in [2.75, 3.05) is 13.7 Å². The van der Waals surface area contributed by atoms with E-state index >= 15 is 0 Å². The van der Waals surface area contributed by atoms with Crippen LogP contribution in [0.1, 0.15) is 49.6 Å². The first kappa shape index (κ1) is 22.5. The molecule has 2 aromatic rings. The summed E-state index contributed by atoms with van der Waals surface area (Å²) in [6.07, 6.45) is 2.46. The van der Waals surface area contributed by atoms with Gasteiger partial charge in [0.2, 0.25) is 5.79 Å². The maximum absolute atomic E-state index is 13.6. The molecule has 4 nitrogen and oxygen atoms in total. The number of allylic oxidation sites excluding steroid dienone is 2. The van der Waals surface area contributed by atoms with E-state index in [-0.39, 0.29) is 24.3 Å². The number of rotatable bonds is 4. The summed E-state index contributed by atoms with van der Waals surface area (Å²) in [5.41, 5.74) is 5.74. The minimum absolute atomic E-state index is 0. The molecule has 2 aromatic carbocycles. The molecule has 2 heterocycles. The third kappa shape index (κ3) is 3.78. The van der Waals surface area contributed by atoms with Gasteiger partial charge in [0.15, 0.2) is 0 Å². The molecule has 0 fully saturated rings. The Bertz CT molecular complexity index is 959. The zero-order valence-electron chi connectivity index (χ0n) is 17.9. The van der Waals surface area contributed by atoms with Gasteiger partial charge in [-0.05, 0) is 61.6 Å². The van der Waals surface area contributed by atoms with E-state index < -0.39 is 11.9 Å².